The van der Waals surface area contributed by atoms with Crippen LogP contribution in [0.3, 0.4) is 0 Å². The van der Waals surface area contributed by atoms with Crippen LogP contribution < -0.4 is 10.9 Å². The van der Waals surface area contributed by atoms with Gasteiger partial charge in [0, 0.05) is 13.0 Å². The summed E-state index contributed by atoms with van der Waals surface area (Å²) < 4.78 is 41.6. The summed E-state index contributed by atoms with van der Waals surface area (Å²) in [5.41, 5.74) is 3.44. The van der Waals surface area contributed by atoms with Crippen molar-refractivity contribution in [2.24, 2.45) is 0 Å². The van der Waals surface area contributed by atoms with Gasteiger partial charge in [0.1, 0.15) is 17.7 Å². The lowest BCUT2D eigenvalue weighted by molar-refractivity contribution is -0.929. The molecule has 0 aromatic carbocycles. The molecule has 3 atom stereocenters. The fourth-order valence-electron chi connectivity index (χ4n) is 6.51. The molecule has 3 rings (SSSR count). The Bertz CT molecular complexity index is 1240. The molecule has 6 amide bonds. The molecule has 3 aliphatic heterocycles. The highest BCUT2D eigenvalue weighted by Crippen LogP contribution is 2.31. The van der Waals surface area contributed by atoms with Crippen LogP contribution >= 0.6 is 0 Å². The van der Waals surface area contributed by atoms with Crippen LogP contribution in [0.25, 0.3) is 0 Å². The number of piperidine rings is 1. The third-order valence-corrected chi connectivity index (χ3v) is 9.51. The minimum absolute atomic E-state index is 0.0239. The van der Waals surface area contributed by atoms with Gasteiger partial charge in [0.2, 0.25) is 5.91 Å². The first-order valence-corrected chi connectivity index (χ1v) is 19.6. The molecular formula is C33H61N6O10S+. The van der Waals surface area contributed by atoms with Gasteiger partial charge in [-0.25, -0.2) is 14.5 Å². The van der Waals surface area contributed by atoms with Crippen molar-refractivity contribution in [3.63, 3.8) is 0 Å². The Morgan fingerprint density at radius 3 is 1.74 bits per heavy atom. The Balaban J connectivity index is 0.000000432. The number of hydrogen-bond donors (Lipinski definition) is 3. The average molecular weight is 734 g/mol. The van der Waals surface area contributed by atoms with Crippen molar-refractivity contribution in [2.75, 3.05) is 32.7 Å². The minimum atomic E-state index is -4.93. The zero-order chi connectivity index (χ0) is 37.7. The number of hydrazine groups is 1. The van der Waals surface area contributed by atoms with Gasteiger partial charge in [-0.15, -0.1) is 4.28 Å². The number of carbonyl (C=O) groups is 5. The maximum atomic E-state index is 12.6. The largest absolute Gasteiger partial charge is 0.443 e. The Morgan fingerprint density at radius 1 is 0.820 bits per heavy atom. The fourth-order valence-corrected chi connectivity index (χ4v) is 6.90. The number of imide groups is 1. The number of amides is 6. The monoisotopic (exact) mass is 733 g/mol. The molecule has 16 nitrogen and oxygen atoms in total. The van der Waals surface area contributed by atoms with Crippen molar-refractivity contribution in [1.29, 1.82) is 0 Å². The second-order valence-corrected chi connectivity index (χ2v) is 15.4. The molecular weight excluding hydrogens is 672 g/mol. The number of unbranched alkanes of at least 4 members (excludes halogenated alkanes) is 4. The molecule has 0 spiro atoms. The summed E-state index contributed by atoms with van der Waals surface area (Å²) in [5.74, 6) is -2.18. The van der Waals surface area contributed by atoms with Crippen LogP contribution in [0.5, 0.6) is 0 Å². The number of quaternary nitrogens is 1. The second-order valence-electron chi connectivity index (χ2n) is 14.4. The number of urea groups is 1. The summed E-state index contributed by atoms with van der Waals surface area (Å²) in [5, 5.41) is 0.490. The summed E-state index contributed by atoms with van der Waals surface area (Å²) in [6.07, 6.45) is 10.4. The van der Waals surface area contributed by atoms with Crippen LogP contribution in [0.1, 0.15) is 126 Å². The van der Waals surface area contributed by atoms with E-state index in [0.717, 1.165) is 4.90 Å². The maximum absolute atomic E-state index is 12.6. The van der Waals surface area contributed by atoms with E-state index in [-0.39, 0.29) is 32.2 Å². The molecule has 0 aliphatic carbocycles. The number of rotatable bonds is 16. The molecule has 50 heavy (non-hydrogen) atoms. The standard InChI is InChI=1S/C17H25N5O10S.C16H36N/c1-17(2,3)31-16(27)21-11(6-7-12(21)23)14(25)19-18-13(24)10-5-4-9-8-20(10)15(26)22(9)32-33(28,29)30;1-5-9-13-17(14-10-6-2,15-11-7-3)16-12-8-4/h9-11H,4-8H2,1-3H3,(H,18,24)(H,19,25)(H,28,29,30);5-16H2,1-4H3/q;+1/t9-,10+,11-;/m1./s1. The van der Waals surface area contributed by atoms with Gasteiger partial charge in [-0.05, 0) is 65.7 Å². The lowest BCUT2D eigenvalue weighted by atomic mass is 10.0. The predicted molar refractivity (Wildman–Crippen MR) is 185 cm³/mol. The summed E-state index contributed by atoms with van der Waals surface area (Å²) in [4.78, 5) is 63.7. The zero-order valence-electron chi connectivity index (χ0n) is 31.1. The first kappa shape index (κ1) is 43.1. The lowest BCUT2D eigenvalue weighted by Crippen LogP contribution is -2.57. The molecule has 0 aromatic heterocycles. The zero-order valence-corrected chi connectivity index (χ0v) is 31.9. The van der Waals surface area contributed by atoms with Crippen LogP contribution in [0.4, 0.5) is 9.59 Å². The number of fused-ring (bicyclic) bond motifs is 2. The molecule has 3 saturated heterocycles. The number of hydroxylamine groups is 2. The SMILES string of the molecule is CC(C)(C)OC(=O)N1C(=O)CC[C@@H]1C(=O)NNC(=O)[C@@H]1CC[C@@H]2CN1C(=O)N2OS(=O)(=O)O.CCCC[N+](CCCC)(CCCC)CCCC. The van der Waals surface area contributed by atoms with Gasteiger partial charge in [-0.1, -0.05) is 53.4 Å². The van der Waals surface area contributed by atoms with Crippen LogP contribution in [0.2, 0.25) is 0 Å². The van der Waals surface area contributed by atoms with Crippen molar-refractivity contribution in [1.82, 2.24) is 25.7 Å². The average Bonchev–Trinajstić information content (AvgIpc) is 3.54. The van der Waals surface area contributed by atoms with Crippen molar-refractivity contribution in [3.8, 4) is 0 Å². The van der Waals surface area contributed by atoms with Crippen LogP contribution in [0, 0.1) is 0 Å². The molecule has 3 N–H and O–H groups in total. The van der Waals surface area contributed by atoms with Gasteiger partial charge in [-0.2, -0.15) is 13.5 Å². The smallest absolute Gasteiger partial charge is 0.418 e. The van der Waals surface area contributed by atoms with Crippen LogP contribution in [-0.2, 0) is 33.8 Å². The van der Waals surface area contributed by atoms with Crippen molar-refractivity contribution >= 4 is 40.2 Å². The molecule has 3 heterocycles. The van der Waals surface area contributed by atoms with Crippen molar-refractivity contribution < 1.29 is 50.4 Å². The normalized spacial score (nSPS) is 20.8. The predicted octanol–water partition coefficient (Wildman–Crippen LogP) is 4.07. The summed E-state index contributed by atoms with van der Waals surface area (Å²) in [6, 6.07) is -3.84. The van der Waals surface area contributed by atoms with E-state index in [1.807, 2.05) is 0 Å². The van der Waals surface area contributed by atoms with Crippen LogP contribution in [0.15, 0.2) is 0 Å². The molecule has 3 aliphatic rings. The molecule has 0 radical (unpaired) electrons. The first-order chi connectivity index (χ1) is 23.4. The van der Waals surface area contributed by atoms with E-state index in [1.165, 1.54) is 82.0 Å². The Morgan fingerprint density at radius 2 is 1.30 bits per heavy atom. The molecule has 288 valence electrons. The molecule has 0 aromatic rings. The number of ether oxygens (including phenoxy) is 1. The van der Waals surface area contributed by atoms with E-state index in [1.54, 1.807) is 20.8 Å². The first-order valence-electron chi connectivity index (χ1n) is 18.2. The maximum Gasteiger partial charge on any atom is 0.418 e. The molecule has 0 unspecified atom stereocenters. The fraction of sp³-hybridized carbons (Fsp3) is 0.848. The molecule has 0 saturated carbocycles. The third kappa shape index (κ3) is 12.9. The number of carbonyl (C=O) groups excluding carboxylic acids is 5. The third-order valence-electron chi connectivity index (χ3n) is 9.16. The molecule has 2 bridgehead atoms. The summed E-state index contributed by atoms with van der Waals surface area (Å²) in [7, 11) is -4.93. The minimum Gasteiger partial charge on any atom is -0.443 e. The van der Waals surface area contributed by atoms with Crippen molar-refractivity contribution in [2.45, 2.75) is 149 Å². The summed E-state index contributed by atoms with van der Waals surface area (Å²) >= 11 is 0. The summed E-state index contributed by atoms with van der Waals surface area (Å²) in [6.45, 7) is 19.8. The van der Waals surface area contributed by atoms with E-state index in [4.69, 9.17) is 9.29 Å². The van der Waals surface area contributed by atoms with E-state index in [0.29, 0.717) is 9.96 Å². The quantitative estimate of drug-likeness (QED) is 0.118. The highest BCUT2D eigenvalue weighted by molar-refractivity contribution is 7.80. The van der Waals surface area contributed by atoms with Gasteiger partial charge in [0.25, 0.3) is 11.8 Å². The van der Waals surface area contributed by atoms with E-state index < -0.39 is 64.0 Å². The van der Waals surface area contributed by atoms with E-state index >= 15 is 0 Å². The van der Waals surface area contributed by atoms with E-state index in [2.05, 4.69) is 42.8 Å². The number of nitrogens with zero attached hydrogens (tertiary/aromatic N) is 4. The lowest BCUT2D eigenvalue weighted by Gasteiger charge is -2.39. The molecule has 17 heteroatoms. The topological polar surface area (TPSA) is 192 Å². The van der Waals surface area contributed by atoms with Crippen LogP contribution in [-0.4, -0.2) is 119 Å². The second kappa shape index (κ2) is 19.6. The van der Waals surface area contributed by atoms with Gasteiger partial charge in [0.05, 0.1) is 32.2 Å². The van der Waals surface area contributed by atoms with Gasteiger partial charge < -0.3 is 14.1 Å². The Kier molecular flexibility index (Phi) is 16.9. The Hall–Kier alpha value is -3.02. The number of hydrogen-bond acceptors (Lipinski definition) is 9. The number of likely N-dealkylation sites (tertiary alicyclic amines) is 1. The molecule has 3 fully saturated rings. The van der Waals surface area contributed by atoms with Gasteiger partial charge >= 0.3 is 22.5 Å². The van der Waals surface area contributed by atoms with E-state index in [9.17, 15) is 32.4 Å². The van der Waals surface area contributed by atoms with Gasteiger partial charge in [0.15, 0.2) is 0 Å². The Labute approximate surface area is 298 Å². The number of nitrogens with one attached hydrogen (secondary N) is 2. The van der Waals surface area contributed by atoms with Gasteiger partial charge in [-0.3, -0.25) is 29.8 Å². The highest BCUT2D eigenvalue weighted by atomic mass is 32.3. The highest BCUT2D eigenvalue weighted by Gasteiger charge is 2.50. The van der Waals surface area contributed by atoms with Crippen molar-refractivity contribution in [3.05, 3.63) is 0 Å².